The number of aryl methyl sites for hydroxylation is 1. The highest BCUT2D eigenvalue weighted by Gasteiger charge is 2.23. The number of rotatable bonds is 7. The molecule has 1 atom stereocenters. The van der Waals surface area contributed by atoms with Crippen LogP contribution in [0.15, 0.2) is 54.7 Å². The number of nitrogens with one attached hydrogen (secondary N) is 1. The maximum atomic E-state index is 13.0. The Morgan fingerprint density at radius 3 is 2.55 bits per heavy atom. The van der Waals surface area contributed by atoms with Gasteiger partial charge in [-0.05, 0) is 50.2 Å². The first kappa shape index (κ1) is 31.9. The number of anilines is 1. The van der Waals surface area contributed by atoms with Gasteiger partial charge in [-0.1, -0.05) is 35.3 Å². The summed E-state index contributed by atoms with van der Waals surface area (Å²) < 4.78 is 1.96. The summed E-state index contributed by atoms with van der Waals surface area (Å²) in [7, 11) is 0. The average molecular weight is 626 g/mol. The number of halogens is 4. The normalized spacial score (nSPS) is 14.4. The third-order valence-electron chi connectivity index (χ3n) is 6.95. The number of pyridine rings is 1. The van der Waals surface area contributed by atoms with Gasteiger partial charge in [0, 0.05) is 56.5 Å². The van der Waals surface area contributed by atoms with Crippen molar-refractivity contribution in [1.82, 2.24) is 24.8 Å². The summed E-state index contributed by atoms with van der Waals surface area (Å²) in [5.41, 5.74) is 3.86. The van der Waals surface area contributed by atoms with Crippen LogP contribution in [0.3, 0.4) is 0 Å². The van der Waals surface area contributed by atoms with Crippen LogP contribution >= 0.6 is 48.0 Å². The molecule has 1 aliphatic heterocycles. The average Bonchev–Trinajstić information content (AvgIpc) is 3.22. The minimum atomic E-state index is -0.697. The molecule has 40 heavy (non-hydrogen) atoms. The van der Waals surface area contributed by atoms with Crippen LogP contribution < -0.4 is 10.2 Å². The highest BCUT2D eigenvalue weighted by Crippen LogP contribution is 2.33. The highest BCUT2D eigenvalue weighted by molar-refractivity contribution is 6.43. The predicted octanol–water partition coefficient (Wildman–Crippen LogP) is 5.10. The lowest BCUT2D eigenvalue weighted by atomic mass is 10.2. The summed E-state index contributed by atoms with van der Waals surface area (Å²) in [6.07, 6.45) is 1.07. The zero-order valence-corrected chi connectivity index (χ0v) is 25.3. The van der Waals surface area contributed by atoms with E-state index in [9.17, 15) is 9.90 Å². The standard InChI is InChI=1S/C28H30Cl2N6O2.2ClH/c1-18-27(33-19(2)36(18)21-8-9-24-20(15-21)5-4-10-31-24)28(38)32-16-22(37)17-34-11-13-35(14-12-34)25-7-3-6-23(29)26(25)30;;/h3-10,15,22,37H,11-14,16-17H2,1-2H3,(H,32,38);2*1H. The van der Waals surface area contributed by atoms with E-state index in [-0.39, 0.29) is 37.3 Å². The van der Waals surface area contributed by atoms with E-state index in [0.717, 1.165) is 54.2 Å². The number of hydrogen-bond donors (Lipinski definition) is 2. The van der Waals surface area contributed by atoms with Crippen molar-refractivity contribution in [2.24, 2.45) is 0 Å². The number of piperazine rings is 1. The van der Waals surface area contributed by atoms with Crippen LogP contribution in [0.1, 0.15) is 22.0 Å². The van der Waals surface area contributed by atoms with E-state index < -0.39 is 6.10 Å². The van der Waals surface area contributed by atoms with Gasteiger partial charge in [0.05, 0.1) is 33.0 Å². The van der Waals surface area contributed by atoms with Gasteiger partial charge in [-0.2, -0.15) is 0 Å². The number of carbonyl (C=O) groups is 1. The molecule has 0 saturated carbocycles. The molecule has 1 fully saturated rings. The Morgan fingerprint density at radius 1 is 1.05 bits per heavy atom. The van der Waals surface area contributed by atoms with Crippen molar-refractivity contribution in [2.45, 2.75) is 20.0 Å². The van der Waals surface area contributed by atoms with Crippen molar-refractivity contribution < 1.29 is 9.90 Å². The van der Waals surface area contributed by atoms with E-state index in [1.165, 1.54) is 0 Å². The lowest BCUT2D eigenvalue weighted by Gasteiger charge is -2.37. The molecule has 1 unspecified atom stereocenters. The Balaban J connectivity index is 0.00000220. The van der Waals surface area contributed by atoms with Crippen molar-refractivity contribution in [2.75, 3.05) is 44.2 Å². The molecule has 5 rings (SSSR count). The number of carbonyl (C=O) groups excluding carboxylic acids is 1. The Kier molecular flexibility index (Phi) is 11.1. The number of imidazole rings is 1. The smallest absolute Gasteiger partial charge is 0.271 e. The molecule has 0 aliphatic carbocycles. The third-order valence-corrected chi connectivity index (χ3v) is 7.76. The maximum absolute atomic E-state index is 13.0. The van der Waals surface area contributed by atoms with Crippen molar-refractivity contribution in [1.29, 1.82) is 0 Å². The summed E-state index contributed by atoms with van der Waals surface area (Å²) in [4.78, 5) is 26.3. The number of benzene rings is 2. The van der Waals surface area contributed by atoms with Crippen molar-refractivity contribution >= 4 is 70.5 Å². The lowest BCUT2D eigenvalue weighted by molar-refractivity contribution is 0.0847. The highest BCUT2D eigenvalue weighted by atomic mass is 35.5. The number of nitrogens with zero attached hydrogens (tertiary/aromatic N) is 5. The molecule has 1 aliphatic rings. The molecule has 2 aromatic heterocycles. The summed E-state index contributed by atoms with van der Waals surface area (Å²) in [5.74, 6) is 0.417. The number of aromatic nitrogens is 3. The second kappa shape index (κ2) is 13.9. The maximum Gasteiger partial charge on any atom is 0.271 e. The Morgan fingerprint density at radius 2 is 1.80 bits per heavy atom. The van der Waals surface area contributed by atoms with Gasteiger partial charge in [-0.3, -0.25) is 14.7 Å². The van der Waals surface area contributed by atoms with Gasteiger partial charge in [-0.15, -0.1) is 24.8 Å². The fourth-order valence-corrected chi connectivity index (χ4v) is 5.42. The van der Waals surface area contributed by atoms with Gasteiger partial charge in [0.1, 0.15) is 11.5 Å². The van der Waals surface area contributed by atoms with Crippen LogP contribution in [0.4, 0.5) is 5.69 Å². The Labute approximate surface area is 256 Å². The summed E-state index contributed by atoms with van der Waals surface area (Å²) in [6, 6.07) is 15.5. The molecule has 1 amide bonds. The van der Waals surface area contributed by atoms with Crippen LogP contribution in [0.2, 0.25) is 10.0 Å². The molecule has 2 N–H and O–H groups in total. The van der Waals surface area contributed by atoms with Crippen LogP contribution in [0.5, 0.6) is 0 Å². The molecule has 0 bridgehead atoms. The second-order valence-electron chi connectivity index (χ2n) is 9.53. The molecule has 8 nitrogen and oxygen atoms in total. The first-order valence-electron chi connectivity index (χ1n) is 12.6. The van der Waals surface area contributed by atoms with Crippen molar-refractivity contribution in [3.8, 4) is 5.69 Å². The van der Waals surface area contributed by atoms with Gasteiger partial charge in [-0.25, -0.2) is 4.98 Å². The number of amides is 1. The van der Waals surface area contributed by atoms with Crippen LogP contribution in [-0.2, 0) is 0 Å². The summed E-state index contributed by atoms with van der Waals surface area (Å²) in [5, 5.41) is 15.6. The monoisotopic (exact) mass is 624 g/mol. The molecule has 12 heteroatoms. The van der Waals surface area contributed by atoms with Crippen LogP contribution in [0, 0.1) is 13.8 Å². The van der Waals surface area contributed by atoms with E-state index in [4.69, 9.17) is 23.2 Å². The first-order chi connectivity index (χ1) is 18.3. The van der Waals surface area contributed by atoms with Crippen molar-refractivity contribution in [3.05, 3.63) is 82.0 Å². The number of β-amino-alcohol motifs (C(OH)–C–C–N with tert-alkyl or cyclic N) is 1. The van der Waals surface area contributed by atoms with E-state index >= 15 is 0 Å². The van der Waals surface area contributed by atoms with Gasteiger partial charge in [0.15, 0.2) is 0 Å². The minimum absolute atomic E-state index is 0. The first-order valence-corrected chi connectivity index (χ1v) is 13.4. The number of fused-ring (bicyclic) bond motifs is 1. The molecule has 2 aromatic carbocycles. The quantitative estimate of drug-likeness (QED) is 0.297. The Bertz CT molecular complexity index is 1470. The number of aliphatic hydroxyl groups is 1. The summed E-state index contributed by atoms with van der Waals surface area (Å²) >= 11 is 12.5. The molecule has 1 saturated heterocycles. The summed E-state index contributed by atoms with van der Waals surface area (Å²) in [6.45, 7) is 7.48. The van der Waals surface area contributed by atoms with Crippen LogP contribution in [0.25, 0.3) is 16.6 Å². The second-order valence-corrected chi connectivity index (χ2v) is 10.3. The Hall–Kier alpha value is -2.59. The molecule has 214 valence electrons. The van der Waals surface area contributed by atoms with Gasteiger partial charge < -0.3 is 19.9 Å². The molecular weight excluding hydrogens is 594 g/mol. The topological polar surface area (TPSA) is 86.5 Å². The number of aliphatic hydroxyl groups excluding tert-OH is 1. The zero-order chi connectivity index (χ0) is 26.8. The fourth-order valence-electron chi connectivity index (χ4n) is 5.00. The van der Waals surface area contributed by atoms with E-state index in [0.29, 0.717) is 28.1 Å². The van der Waals surface area contributed by atoms with Gasteiger partial charge in [0.2, 0.25) is 0 Å². The third kappa shape index (κ3) is 6.82. The largest absolute Gasteiger partial charge is 0.390 e. The van der Waals surface area contributed by atoms with Gasteiger partial charge in [0.25, 0.3) is 5.91 Å². The number of hydrogen-bond acceptors (Lipinski definition) is 6. The van der Waals surface area contributed by atoms with E-state index in [1.807, 2.05) is 60.9 Å². The lowest BCUT2D eigenvalue weighted by Crippen LogP contribution is -2.50. The molecule has 0 radical (unpaired) electrons. The minimum Gasteiger partial charge on any atom is -0.390 e. The van der Waals surface area contributed by atoms with Crippen molar-refractivity contribution in [3.63, 3.8) is 0 Å². The molecule has 4 aromatic rings. The zero-order valence-electron chi connectivity index (χ0n) is 22.2. The molecule has 3 heterocycles. The van der Waals surface area contributed by atoms with E-state index in [1.54, 1.807) is 12.3 Å². The predicted molar refractivity (Wildman–Crippen MR) is 166 cm³/mol. The molecule has 0 spiro atoms. The van der Waals surface area contributed by atoms with Gasteiger partial charge >= 0.3 is 0 Å². The van der Waals surface area contributed by atoms with E-state index in [2.05, 4.69) is 25.1 Å². The molecular formula is C28H32Cl4N6O2. The van der Waals surface area contributed by atoms with Crippen LogP contribution in [-0.4, -0.2) is 75.8 Å². The fraction of sp³-hybridized carbons (Fsp3) is 0.321. The SMILES string of the molecule is Cc1nc(C(=O)NCC(O)CN2CCN(c3cccc(Cl)c3Cl)CC2)c(C)n1-c1ccc2ncccc2c1.Cl.Cl.